The van der Waals surface area contributed by atoms with Crippen LogP contribution in [0, 0.1) is 0 Å². The predicted molar refractivity (Wildman–Crippen MR) is 59.7 cm³/mol. The van der Waals surface area contributed by atoms with Gasteiger partial charge >= 0.3 is 0 Å². The lowest BCUT2D eigenvalue weighted by molar-refractivity contribution is -0.139. The second kappa shape index (κ2) is 3.76. The minimum atomic E-state index is 0.215. The average molecular weight is 211 g/mol. The van der Waals surface area contributed by atoms with E-state index in [0.29, 0.717) is 12.6 Å². The molecule has 2 aliphatic heterocycles. The van der Waals surface area contributed by atoms with Gasteiger partial charge in [0.1, 0.15) is 0 Å². The van der Waals surface area contributed by atoms with Gasteiger partial charge in [-0.1, -0.05) is 0 Å². The van der Waals surface area contributed by atoms with Crippen LogP contribution in [0.1, 0.15) is 20.8 Å². The third kappa shape index (κ3) is 2.16. The van der Waals surface area contributed by atoms with Crippen LogP contribution in [0.4, 0.5) is 0 Å². The number of rotatable bonds is 0. The van der Waals surface area contributed by atoms with Crippen molar-refractivity contribution in [1.82, 2.24) is 15.1 Å². The second-order valence-corrected chi connectivity index (χ2v) is 5.49. The molecule has 1 unspecified atom stereocenters. The fourth-order valence-electron chi connectivity index (χ4n) is 2.41. The third-order valence-corrected chi connectivity index (χ3v) is 3.41. The smallest absolute Gasteiger partial charge is 0.236 e. The summed E-state index contributed by atoms with van der Waals surface area (Å²) in [5.74, 6) is 0.264. The zero-order chi connectivity index (χ0) is 11.1. The van der Waals surface area contributed by atoms with Crippen molar-refractivity contribution in [3.8, 4) is 0 Å². The van der Waals surface area contributed by atoms with E-state index in [-0.39, 0.29) is 11.4 Å². The van der Waals surface area contributed by atoms with E-state index in [0.717, 1.165) is 26.2 Å². The Hall–Kier alpha value is -0.610. The Balaban J connectivity index is 2.03. The number of hydrogen-bond donors (Lipinski definition) is 1. The Morgan fingerprint density at radius 3 is 2.73 bits per heavy atom. The minimum Gasteiger partial charge on any atom is -0.335 e. The first-order valence-electron chi connectivity index (χ1n) is 5.74. The molecule has 4 nitrogen and oxygen atoms in total. The van der Waals surface area contributed by atoms with Gasteiger partial charge in [0.25, 0.3) is 0 Å². The van der Waals surface area contributed by atoms with E-state index in [1.807, 2.05) is 4.90 Å². The van der Waals surface area contributed by atoms with Crippen LogP contribution in [0.3, 0.4) is 0 Å². The molecular weight excluding hydrogens is 190 g/mol. The predicted octanol–water partition coefficient (Wildman–Crippen LogP) is -0.0991. The highest BCUT2D eigenvalue weighted by Gasteiger charge is 2.36. The quantitative estimate of drug-likeness (QED) is 0.608. The number of hydrogen-bond acceptors (Lipinski definition) is 3. The first kappa shape index (κ1) is 10.9. The van der Waals surface area contributed by atoms with Crippen molar-refractivity contribution in [3.63, 3.8) is 0 Å². The molecule has 0 saturated carbocycles. The number of carbonyl (C=O) groups is 1. The summed E-state index contributed by atoms with van der Waals surface area (Å²) in [6, 6.07) is 0.374. The van der Waals surface area contributed by atoms with Gasteiger partial charge in [0.15, 0.2) is 0 Å². The number of piperazine rings is 2. The molecule has 0 bridgehead atoms. The van der Waals surface area contributed by atoms with Crippen LogP contribution < -0.4 is 5.32 Å². The van der Waals surface area contributed by atoms with Crippen LogP contribution >= 0.6 is 0 Å². The Morgan fingerprint density at radius 2 is 2.07 bits per heavy atom. The molecule has 0 spiro atoms. The fourth-order valence-corrected chi connectivity index (χ4v) is 2.41. The maximum Gasteiger partial charge on any atom is 0.236 e. The molecule has 4 heteroatoms. The van der Waals surface area contributed by atoms with Crippen molar-refractivity contribution in [2.24, 2.45) is 0 Å². The lowest BCUT2D eigenvalue weighted by atomic mass is 10.0. The Bertz CT molecular complexity index is 259. The van der Waals surface area contributed by atoms with Crippen LogP contribution in [0.5, 0.6) is 0 Å². The molecule has 86 valence electrons. The Morgan fingerprint density at radius 1 is 1.33 bits per heavy atom. The Kier molecular flexibility index (Phi) is 2.73. The fraction of sp³-hybridized carbons (Fsp3) is 0.909. The van der Waals surface area contributed by atoms with Crippen LogP contribution in [0.2, 0.25) is 0 Å². The molecule has 0 aromatic rings. The van der Waals surface area contributed by atoms with Crippen LogP contribution in [-0.4, -0.2) is 60.0 Å². The first-order chi connectivity index (χ1) is 6.98. The van der Waals surface area contributed by atoms with Gasteiger partial charge in [-0.25, -0.2) is 0 Å². The molecule has 0 aromatic heterocycles. The van der Waals surface area contributed by atoms with Gasteiger partial charge in [0, 0.05) is 31.7 Å². The van der Waals surface area contributed by atoms with E-state index >= 15 is 0 Å². The molecule has 1 amide bonds. The summed E-state index contributed by atoms with van der Waals surface area (Å²) in [4.78, 5) is 16.1. The standard InChI is InChI=1S/C11H21N3O/c1-11(2,3)13-4-5-14-9(8-13)6-12-7-10(14)15/h9,12H,4-8H2,1-3H3. The molecule has 0 aromatic carbocycles. The summed E-state index contributed by atoms with van der Waals surface area (Å²) in [6.07, 6.45) is 0. The number of carbonyl (C=O) groups excluding carboxylic acids is 1. The maximum absolute atomic E-state index is 11.6. The van der Waals surface area contributed by atoms with Gasteiger partial charge < -0.3 is 10.2 Å². The SMILES string of the molecule is CC(C)(C)N1CCN2C(=O)CNCC2C1. The first-order valence-corrected chi connectivity index (χ1v) is 5.74. The number of fused-ring (bicyclic) bond motifs is 1. The lowest BCUT2D eigenvalue weighted by Crippen LogP contribution is -2.65. The molecule has 2 aliphatic rings. The summed E-state index contributed by atoms with van der Waals surface area (Å²) >= 11 is 0. The average Bonchev–Trinajstić information content (AvgIpc) is 2.16. The van der Waals surface area contributed by atoms with Crippen molar-refractivity contribution < 1.29 is 4.79 Å². The molecule has 0 radical (unpaired) electrons. The number of nitrogens with zero attached hydrogens (tertiary/aromatic N) is 2. The number of nitrogens with one attached hydrogen (secondary N) is 1. The van der Waals surface area contributed by atoms with E-state index < -0.39 is 0 Å². The van der Waals surface area contributed by atoms with Crippen LogP contribution in [-0.2, 0) is 4.79 Å². The maximum atomic E-state index is 11.6. The normalized spacial score (nSPS) is 29.1. The van der Waals surface area contributed by atoms with Crippen molar-refractivity contribution in [2.45, 2.75) is 32.4 Å². The van der Waals surface area contributed by atoms with Crippen LogP contribution in [0.15, 0.2) is 0 Å². The summed E-state index contributed by atoms with van der Waals surface area (Å²) in [5, 5.41) is 3.19. The molecule has 1 atom stereocenters. The monoisotopic (exact) mass is 211 g/mol. The topological polar surface area (TPSA) is 35.6 Å². The van der Waals surface area contributed by atoms with E-state index in [1.54, 1.807) is 0 Å². The Labute approximate surface area is 91.6 Å². The zero-order valence-electron chi connectivity index (χ0n) is 9.92. The lowest BCUT2D eigenvalue weighted by Gasteiger charge is -2.48. The second-order valence-electron chi connectivity index (χ2n) is 5.49. The van der Waals surface area contributed by atoms with Gasteiger partial charge in [-0.05, 0) is 20.8 Å². The van der Waals surface area contributed by atoms with Crippen molar-refractivity contribution in [2.75, 3.05) is 32.7 Å². The molecule has 2 fully saturated rings. The minimum absolute atomic E-state index is 0.215. The summed E-state index contributed by atoms with van der Waals surface area (Å²) in [7, 11) is 0. The summed E-state index contributed by atoms with van der Waals surface area (Å²) < 4.78 is 0. The molecular formula is C11H21N3O. The third-order valence-electron chi connectivity index (χ3n) is 3.41. The molecule has 0 aliphatic carbocycles. The summed E-state index contributed by atoms with van der Waals surface area (Å²) in [6.45, 7) is 11.1. The number of amides is 1. The van der Waals surface area contributed by atoms with Gasteiger partial charge in [-0.3, -0.25) is 9.69 Å². The van der Waals surface area contributed by atoms with E-state index in [2.05, 4.69) is 31.0 Å². The summed E-state index contributed by atoms with van der Waals surface area (Å²) in [5.41, 5.74) is 0.215. The van der Waals surface area contributed by atoms with Gasteiger partial charge in [0.2, 0.25) is 5.91 Å². The van der Waals surface area contributed by atoms with Crippen molar-refractivity contribution in [1.29, 1.82) is 0 Å². The highest BCUT2D eigenvalue weighted by molar-refractivity contribution is 5.79. The van der Waals surface area contributed by atoms with Crippen LogP contribution in [0.25, 0.3) is 0 Å². The molecule has 2 rings (SSSR count). The van der Waals surface area contributed by atoms with E-state index in [1.165, 1.54) is 0 Å². The molecule has 2 saturated heterocycles. The zero-order valence-corrected chi connectivity index (χ0v) is 9.92. The van der Waals surface area contributed by atoms with Crippen molar-refractivity contribution >= 4 is 5.91 Å². The highest BCUT2D eigenvalue weighted by Crippen LogP contribution is 2.20. The largest absolute Gasteiger partial charge is 0.335 e. The highest BCUT2D eigenvalue weighted by atomic mass is 16.2. The van der Waals surface area contributed by atoms with E-state index in [9.17, 15) is 4.79 Å². The molecule has 2 heterocycles. The van der Waals surface area contributed by atoms with E-state index in [4.69, 9.17) is 0 Å². The van der Waals surface area contributed by atoms with Gasteiger partial charge in [-0.15, -0.1) is 0 Å². The van der Waals surface area contributed by atoms with Crippen molar-refractivity contribution in [3.05, 3.63) is 0 Å². The molecule has 15 heavy (non-hydrogen) atoms. The van der Waals surface area contributed by atoms with Gasteiger partial charge in [-0.2, -0.15) is 0 Å². The molecule has 1 N–H and O–H groups in total. The van der Waals surface area contributed by atoms with Gasteiger partial charge in [0.05, 0.1) is 12.6 Å².